The monoisotopic (exact) mass is 371 g/mol. The Labute approximate surface area is 162 Å². The molecule has 2 aromatic heterocycles. The number of fused-ring (bicyclic) bond motifs is 3. The predicted molar refractivity (Wildman–Crippen MR) is 112 cm³/mol. The first-order chi connectivity index (χ1) is 13.6. The Morgan fingerprint density at radius 3 is 2.86 bits per heavy atom. The summed E-state index contributed by atoms with van der Waals surface area (Å²) in [4.78, 5) is 20.1. The number of H-pyrrole nitrogens is 1. The third-order valence-corrected chi connectivity index (χ3v) is 5.31. The SMILES string of the molecule is COc1ccc(-c2cccc(NC(=O)C3CC3)c2)c2c1[nH]c1ncc(C)cc12. The van der Waals surface area contributed by atoms with Crippen LogP contribution in [0.3, 0.4) is 0 Å². The lowest BCUT2D eigenvalue weighted by Crippen LogP contribution is -2.13. The minimum atomic E-state index is 0.115. The van der Waals surface area contributed by atoms with Gasteiger partial charge in [-0.25, -0.2) is 4.98 Å². The lowest BCUT2D eigenvalue weighted by Gasteiger charge is -2.10. The van der Waals surface area contributed by atoms with Crippen LogP contribution in [0.4, 0.5) is 5.69 Å². The van der Waals surface area contributed by atoms with Crippen LogP contribution in [-0.2, 0) is 4.79 Å². The minimum absolute atomic E-state index is 0.115. The number of anilines is 1. The van der Waals surface area contributed by atoms with E-state index in [1.54, 1.807) is 7.11 Å². The molecule has 1 fully saturated rings. The van der Waals surface area contributed by atoms with Gasteiger partial charge in [0.05, 0.1) is 12.6 Å². The van der Waals surface area contributed by atoms with Gasteiger partial charge < -0.3 is 15.0 Å². The number of hydrogen-bond acceptors (Lipinski definition) is 3. The highest BCUT2D eigenvalue weighted by atomic mass is 16.5. The Morgan fingerprint density at radius 1 is 1.21 bits per heavy atom. The van der Waals surface area contributed by atoms with E-state index < -0.39 is 0 Å². The van der Waals surface area contributed by atoms with Crippen LogP contribution in [0, 0.1) is 12.8 Å². The Kier molecular flexibility index (Phi) is 3.83. The van der Waals surface area contributed by atoms with Gasteiger partial charge in [-0.2, -0.15) is 0 Å². The second kappa shape index (κ2) is 6.37. The molecule has 5 rings (SSSR count). The van der Waals surface area contributed by atoms with Crippen molar-refractivity contribution in [2.45, 2.75) is 19.8 Å². The average molecular weight is 371 g/mol. The van der Waals surface area contributed by atoms with Gasteiger partial charge in [0.15, 0.2) is 0 Å². The molecule has 0 unspecified atom stereocenters. The second-order valence-corrected chi connectivity index (χ2v) is 7.44. The summed E-state index contributed by atoms with van der Waals surface area (Å²) in [6.07, 6.45) is 3.84. The van der Waals surface area contributed by atoms with Crippen LogP contribution >= 0.6 is 0 Å². The van der Waals surface area contributed by atoms with E-state index in [4.69, 9.17) is 4.74 Å². The third-order valence-electron chi connectivity index (χ3n) is 5.31. The Bertz CT molecular complexity index is 1220. The normalized spacial score (nSPS) is 13.8. The third kappa shape index (κ3) is 2.80. The number of aromatic nitrogens is 2. The molecule has 2 N–H and O–H groups in total. The number of rotatable bonds is 4. The summed E-state index contributed by atoms with van der Waals surface area (Å²) in [5, 5.41) is 5.19. The van der Waals surface area contributed by atoms with Crippen LogP contribution in [0.2, 0.25) is 0 Å². The fourth-order valence-corrected chi connectivity index (χ4v) is 3.73. The van der Waals surface area contributed by atoms with E-state index in [0.717, 1.165) is 62.9 Å². The summed E-state index contributed by atoms with van der Waals surface area (Å²) in [5.41, 5.74) is 5.82. The van der Waals surface area contributed by atoms with Gasteiger partial charge in [0.2, 0.25) is 5.91 Å². The molecule has 2 aromatic carbocycles. The predicted octanol–water partition coefficient (Wildman–Crippen LogP) is 5.05. The van der Waals surface area contributed by atoms with Crippen molar-refractivity contribution in [2.75, 3.05) is 12.4 Å². The maximum Gasteiger partial charge on any atom is 0.227 e. The first kappa shape index (κ1) is 16.8. The van der Waals surface area contributed by atoms with Crippen molar-refractivity contribution >= 4 is 33.5 Å². The number of ether oxygens (including phenoxy) is 1. The lowest BCUT2D eigenvalue weighted by molar-refractivity contribution is -0.117. The number of pyridine rings is 1. The first-order valence-corrected chi connectivity index (χ1v) is 9.50. The number of aromatic amines is 1. The summed E-state index contributed by atoms with van der Waals surface area (Å²) < 4.78 is 5.57. The summed E-state index contributed by atoms with van der Waals surface area (Å²) >= 11 is 0. The molecule has 5 heteroatoms. The lowest BCUT2D eigenvalue weighted by atomic mass is 9.98. The zero-order chi connectivity index (χ0) is 19.3. The summed E-state index contributed by atoms with van der Waals surface area (Å²) in [6.45, 7) is 2.04. The zero-order valence-electron chi connectivity index (χ0n) is 15.9. The largest absolute Gasteiger partial charge is 0.495 e. The van der Waals surface area contributed by atoms with Gasteiger partial charge in [0.1, 0.15) is 11.4 Å². The Balaban J connectivity index is 1.69. The first-order valence-electron chi connectivity index (χ1n) is 9.50. The molecule has 1 aliphatic rings. The number of benzene rings is 2. The highest BCUT2D eigenvalue weighted by Gasteiger charge is 2.29. The quantitative estimate of drug-likeness (QED) is 0.528. The highest BCUT2D eigenvalue weighted by molar-refractivity contribution is 6.15. The van der Waals surface area contributed by atoms with E-state index in [1.807, 2.05) is 37.4 Å². The van der Waals surface area contributed by atoms with E-state index in [0.29, 0.717) is 0 Å². The van der Waals surface area contributed by atoms with E-state index in [1.165, 1.54) is 0 Å². The van der Waals surface area contributed by atoms with Crippen molar-refractivity contribution in [3.05, 3.63) is 54.2 Å². The molecule has 0 spiro atoms. The maximum absolute atomic E-state index is 12.1. The van der Waals surface area contributed by atoms with E-state index >= 15 is 0 Å². The van der Waals surface area contributed by atoms with Crippen LogP contribution in [0.15, 0.2) is 48.7 Å². The molecule has 0 radical (unpaired) electrons. The number of hydrogen-bond donors (Lipinski definition) is 2. The molecule has 1 aliphatic carbocycles. The summed E-state index contributed by atoms with van der Waals surface area (Å²) in [6, 6.07) is 14.2. The topological polar surface area (TPSA) is 67.0 Å². The molecule has 4 aromatic rings. The number of carbonyl (C=O) groups is 1. The van der Waals surface area contributed by atoms with Crippen LogP contribution in [0.5, 0.6) is 5.75 Å². The molecule has 5 nitrogen and oxygen atoms in total. The van der Waals surface area contributed by atoms with Gasteiger partial charge >= 0.3 is 0 Å². The molecule has 1 amide bonds. The summed E-state index contributed by atoms with van der Waals surface area (Å²) in [7, 11) is 1.67. The number of amides is 1. The van der Waals surface area contributed by atoms with Crippen LogP contribution in [-0.4, -0.2) is 23.0 Å². The van der Waals surface area contributed by atoms with Crippen molar-refractivity contribution in [2.24, 2.45) is 5.92 Å². The molecule has 0 aliphatic heterocycles. The molecule has 0 atom stereocenters. The number of methoxy groups -OCH3 is 1. The van der Waals surface area contributed by atoms with Crippen LogP contribution in [0.25, 0.3) is 33.1 Å². The molecule has 1 saturated carbocycles. The van der Waals surface area contributed by atoms with Gasteiger partial charge in [0, 0.05) is 28.6 Å². The fourth-order valence-electron chi connectivity index (χ4n) is 3.73. The molecule has 28 heavy (non-hydrogen) atoms. The number of carbonyl (C=O) groups excluding carboxylic acids is 1. The number of nitrogens with one attached hydrogen (secondary N) is 2. The molecular formula is C23H21N3O2. The van der Waals surface area contributed by atoms with Gasteiger partial charge in [-0.15, -0.1) is 0 Å². The van der Waals surface area contributed by atoms with Gasteiger partial charge in [-0.3, -0.25) is 4.79 Å². The number of aryl methyl sites for hydroxylation is 1. The molecular weight excluding hydrogens is 350 g/mol. The number of nitrogens with zero attached hydrogens (tertiary/aromatic N) is 1. The average Bonchev–Trinajstić information content (AvgIpc) is 3.49. The van der Waals surface area contributed by atoms with Crippen LogP contribution < -0.4 is 10.1 Å². The second-order valence-electron chi connectivity index (χ2n) is 7.44. The van der Waals surface area contributed by atoms with Gasteiger partial charge in [-0.1, -0.05) is 12.1 Å². The highest BCUT2D eigenvalue weighted by Crippen LogP contribution is 2.39. The molecule has 2 heterocycles. The van der Waals surface area contributed by atoms with Crippen molar-refractivity contribution in [3.63, 3.8) is 0 Å². The minimum Gasteiger partial charge on any atom is -0.495 e. The smallest absolute Gasteiger partial charge is 0.227 e. The van der Waals surface area contributed by atoms with Crippen molar-refractivity contribution in [3.8, 4) is 16.9 Å². The van der Waals surface area contributed by atoms with Gasteiger partial charge in [-0.05, 0) is 66.8 Å². The van der Waals surface area contributed by atoms with Crippen molar-refractivity contribution in [1.29, 1.82) is 0 Å². The zero-order valence-corrected chi connectivity index (χ0v) is 15.9. The standard InChI is InChI=1S/C23H21N3O2/c1-13-10-18-20-17(8-9-19(28-2)21(20)26-22(18)24-12-13)15-4-3-5-16(11-15)25-23(27)14-6-7-14/h3-5,8-12,14H,6-7H2,1-2H3,(H,24,26)(H,25,27). The fraction of sp³-hybridized carbons (Fsp3) is 0.217. The molecule has 140 valence electrons. The van der Waals surface area contributed by atoms with Crippen molar-refractivity contribution in [1.82, 2.24) is 9.97 Å². The maximum atomic E-state index is 12.1. The summed E-state index contributed by atoms with van der Waals surface area (Å²) in [5.74, 6) is 1.08. The molecule has 0 saturated heterocycles. The van der Waals surface area contributed by atoms with E-state index in [9.17, 15) is 4.79 Å². The van der Waals surface area contributed by atoms with E-state index in [-0.39, 0.29) is 11.8 Å². The van der Waals surface area contributed by atoms with Crippen LogP contribution in [0.1, 0.15) is 18.4 Å². The van der Waals surface area contributed by atoms with Crippen molar-refractivity contribution < 1.29 is 9.53 Å². The Hall–Kier alpha value is -3.34. The Morgan fingerprint density at radius 2 is 2.07 bits per heavy atom. The van der Waals surface area contributed by atoms with Gasteiger partial charge in [0.25, 0.3) is 0 Å². The van der Waals surface area contributed by atoms with E-state index in [2.05, 4.69) is 33.5 Å². The molecule has 0 bridgehead atoms.